The standard InChI is InChI=1S/C12H14ClNO4.C10H12ClNO3/c1-8(15)18-9-5-10(14-11(13)6-9)12(16-2)3-4-17-7-12;1-14-10(2-3-15-6-10)8-4-7(13)5-9(11)12-8/h5-6H,3-4,7H2,1-2H3;4-5H,2-3,6H2,1H3,(H,12,13). The van der Waals surface area contributed by atoms with Crippen LogP contribution in [-0.4, -0.2) is 56.6 Å². The first-order valence-corrected chi connectivity index (χ1v) is 11.0. The summed E-state index contributed by atoms with van der Waals surface area (Å²) in [6.07, 6.45) is 1.41. The molecular weight excluding hydrogens is 475 g/mol. The first kappa shape index (κ1) is 25.6. The lowest BCUT2D eigenvalue weighted by molar-refractivity contribution is -0.131. The molecule has 0 radical (unpaired) electrons. The molecule has 2 aliphatic rings. The number of nitrogens with one attached hydrogen (secondary N) is 1. The Labute approximate surface area is 201 Å². The SMILES string of the molecule is COC1(c2cc(=O)cc(Cl)[nH]2)CCOC1.COC1(c2cc(OC(C)=O)cc(Cl)n2)CCOC1. The molecule has 0 bridgehead atoms. The van der Waals surface area contributed by atoms with Gasteiger partial charge in [-0.1, -0.05) is 23.2 Å². The Bertz CT molecular complexity index is 1030. The van der Waals surface area contributed by atoms with E-state index >= 15 is 0 Å². The van der Waals surface area contributed by atoms with Crippen molar-refractivity contribution in [3.63, 3.8) is 0 Å². The minimum Gasteiger partial charge on any atom is -0.427 e. The maximum Gasteiger partial charge on any atom is 0.308 e. The van der Waals surface area contributed by atoms with Gasteiger partial charge in [0.05, 0.1) is 24.6 Å². The molecule has 2 atom stereocenters. The van der Waals surface area contributed by atoms with Crippen molar-refractivity contribution in [3.8, 4) is 5.75 Å². The van der Waals surface area contributed by atoms with Crippen molar-refractivity contribution in [1.82, 2.24) is 9.97 Å². The molecule has 11 heteroatoms. The normalized spacial score (nSPS) is 24.3. The Morgan fingerprint density at radius 2 is 1.67 bits per heavy atom. The van der Waals surface area contributed by atoms with E-state index in [1.165, 1.54) is 25.1 Å². The number of nitrogens with zero attached hydrogens (tertiary/aromatic N) is 1. The second kappa shape index (κ2) is 10.9. The molecule has 4 heterocycles. The van der Waals surface area contributed by atoms with E-state index in [2.05, 4.69) is 9.97 Å². The van der Waals surface area contributed by atoms with Crippen LogP contribution in [0.2, 0.25) is 10.3 Å². The van der Waals surface area contributed by atoms with Crippen molar-refractivity contribution in [3.05, 3.63) is 56.2 Å². The fourth-order valence-corrected chi connectivity index (χ4v) is 4.14. The lowest BCUT2D eigenvalue weighted by Crippen LogP contribution is -2.31. The van der Waals surface area contributed by atoms with E-state index in [0.29, 0.717) is 55.1 Å². The Balaban J connectivity index is 0.000000189. The van der Waals surface area contributed by atoms with Gasteiger partial charge in [-0.25, -0.2) is 4.98 Å². The number of pyridine rings is 2. The molecule has 2 aliphatic heterocycles. The van der Waals surface area contributed by atoms with Crippen molar-refractivity contribution >= 4 is 29.2 Å². The highest BCUT2D eigenvalue weighted by molar-refractivity contribution is 6.29. The number of H-pyrrole nitrogens is 1. The predicted octanol–water partition coefficient (Wildman–Crippen LogP) is 3.21. The number of hydrogen-bond donors (Lipinski definition) is 1. The molecule has 2 aromatic heterocycles. The van der Waals surface area contributed by atoms with E-state index in [4.69, 9.17) is 46.9 Å². The molecule has 4 rings (SSSR count). The molecule has 1 N–H and O–H groups in total. The summed E-state index contributed by atoms with van der Waals surface area (Å²) < 4.78 is 26.6. The second-order valence-electron chi connectivity index (χ2n) is 7.68. The molecule has 0 aromatic carbocycles. The number of hydrogen-bond acceptors (Lipinski definition) is 8. The molecule has 0 amide bonds. The molecule has 2 saturated heterocycles. The summed E-state index contributed by atoms with van der Waals surface area (Å²) in [4.78, 5) is 29.5. The predicted molar refractivity (Wildman–Crippen MR) is 121 cm³/mol. The zero-order valence-electron chi connectivity index (χ0n) is 18.6. The molecule has 0 aliphatic carbocycles. The van der Waals surface area contributed by atoms with E-state index in [1.807, 2.05) is 0 Å². The fraction of sp³-hybridized carbons (Fsp3) is 0.500. The average Bonchev–Trinajstić information content (AvgIpc) is 3.44. The van der Waals surface area contributed by atoms with Gasteiger partial charge in [0.25, 0.3) is 0 Å². The first-order chi connectivity index (χ1) is 15.7. The Morgan fingerprint density at radius 1 is 1.03 bits per heavy atom. The maximum absolute atomic E-state index is 11.3. The van der Waals surface area contributed by atoms with E-state index in [-0.39, 0.29) is 10.6 Å². The van der Waals surface area contributed by atoms with Gasteiger partial charge in [-0.05, 0) is 0 Å². The molecule has 33 heavy (non-hydrogen) atoms. The Kier molecular flexibility index (Phi) is 8.49. The molecule has 2 fully saturated rings. The molecule has 0 spiro atoms. The summed E-state index contributed by atoms with van der Waals surface area (Å²) in [5.74, 6) is -0.0434. The lowest BCUT2D eigenvalue weighted by atomic mass is 9.98. The third-order valence-electron chi connectivity index (χ3n) is 5.55. The Morgan fingerprint density at radius 3 is 2.18 bits per heavy atom. The lowest BCUT2D eigenvalue weighted by Gasteiger charge is -2.25. The van der Waals surface area contributed by atoms with E-state index < -0.39 is 17.2 Å². The molecule has 2 aromatic rings. The summed E-state index contributed by atoms with van der Waals surface area (Å²) in [5, 5.41) is 0.577. The number of aromatic nitrogens is 2. The quantitative estimate of drug-likeness (QED) is 0.492. The van der Waals surface area contributed by atoms with Gasteiger partial charge in [0, 0.05) is 71.5 Å². The molecule has 9 nitrogen and oxygen atoms in total. The van der Waals surface area contributed by atoms with Crippen LogP contribution in [0.3, 0.4) is 0 Å². The number of ether oxygens (including phenoxy) is 5. The highest BCUT2D eigenvalue weighted by Crippen LogP contribution is 2.35. The van der Waals surface area contributed by atoms with E-state index in [9.17, 15) is 9.59 Å². The highest BCUT2D eigenvalue weighted by atomic mass is 35.5. The topological polar surface area (TPSA) is 109 Å². The summed E-state index contributed by atoms with van der Waals surface area (Å²) in [7, 11) is 3.21. The van der Waals surface area contributed by atoms with E-state index in [1.54, 1.807) is 20.3 Å². The molecule has 0 saturated carbocycles. The van der Waals surface area contributed by atoms with E-state index in [0.717, 1.165) is 6.42 Å². The number of methoxy groups -OCH3 is 2. The van der Waals surface area contributed by atoms with Crippen molar-refractivity contribution in [1.29, 1.82) is 0 Å². The summed E-state index contributed by atoms with van der Waals surface area (Å²) in [6.45, 7) is 3.42. The minimum absolute atomic E-state index is 0.128. The number of aromatic amines is 1. The van der Waals surface area contributed by atoms with Gasteiger partial charge in [0.15, 0.2) is 5.43 Å². The van der Waals surface area contributed by atoms with Crippen LogP contribution in [-0.2, 0) is 34.9 Å². The van der Waals surface area contributed by atoms with Crippen molar-refractivity contribution < 1.29 is 28.5 Å². The number of esters is 1. The van der Waals surface area contributed by atoms with Crippen LogP contribution in [0.25, 0.3) is 0 Å². The largest absolute Gasteiger partial charge is 0.427 e. The zero-order valence-corrected chi connectivity index (χ0v) is 20.1. The Hall–Kier alpha value is -2.01. The third kappa shape index (κ3) is 6.11. The molecule has 180 valence electrons. The van der Waals surface area contributed by atoms with Crippen LogP contribution in [0.4, 0.5) is 0 Å². The van der Waals surface area contributed by atoms with Gasteiger partial charge in [0.1, 0.15) is 27.3 Å². The van der Waals surface area contributed by atoms with Gasteiger partial charge in [-0.3, -0.25) is 9.59 Å². The summed E-state index contributed by atoms with van der Waals surface area (Å²) in [5.41, 5.74) is 0.00691. The maximum atomic E-state index is 11.3. The monoisotopic (exact) mass is 500 g/mol. The van der Waals surface area contributed by atoms with Crippen molar-refractivity contribution in [2.75, 3.05) is 40.6 Å². The van der Waals surface area contributed by atoms with Crippen molar-refractivity contribution in [2.45, 2.75) is 31.0 Å². The van der Waals surface area contributed by atoms with Crippen molar-refractivity contribution in [2.24, 2.45) is 0 Å². The number of carbonyl (C=O) groups is 1. The highest BCUT2D eigenvalue weighted by Gasteiger charge is 2.39. The van der Waals surface area contributed by atoms with Gasteiger partial charge in [0.2, 0.25) is 0 Å². The zero-order chi connectivity index (χ0) is 24.1. The van der Waals surface area contributed by atoms with Crippen LogP contribution in [0.5, 0.6) is 5.75 Å². The first-order valence-electron chi connectivity index (χ1n) is 10.2. The van der Waals surface area contributed by atoms with Gasteiger partial charge in [-0.2, -0.15) is 0 Å². The molecular formula is C22H26Cl2N2O7. The van der Waals surface area contributed by atoms with Gasteiger partial charge >= 0.3 is 5.97 Å². The van der Waals surface area contributed by atoms with Gasteiger partial charge in [-0.15, -0.1) is 0 Å². The number of halogens is 2. The minimum atomic E-state index is -0.611. The van der Waals surface area contributed by atoms with Crippen LogP contribution in [0.1, 0.15) is 31.2 Å². The summed E-state index contributed by atoms with van der Waals surface area (Å²) in [6, 6.07) is 5.99. The second-order valence-corrected chi connectivity index (χ2v) is 8.48. The van der Waals surface area contributed by atoms with Crippen LogP contribution >= 0.6 is 23.2 Å². The smallest absolute Gasteiger partial charge is 0.308 e. The van der Waals surface area contributed by atoms with Gasteiger partial charge < -0.3 is 28.7 Å². The number of carbonyl (C=O) groups excluding carboxylic acids is 1. The van der Waals surface area contributed by atoms with Crippen LogP contribution in [0, 0.1) is 0 Å². The third-order valence-corrected chi connectivity index (χ3v) is 5.95. The van der Waals surface area contributed by atoms with Crippen LogP contribution < -0.4 is 10.2 Å². The molecule has 2 unspecified atom stereocenters. The van der Waals surface area contributed by atoms with Crippen LogP contribution in [0.15, 0.2) is 29.1 Å². The summed E-state index contributed by atoms with van der Waals surface area (Å²) >= 11 is 11.7. The fourth-order valence-electron chi connectivity index (χ4n) is 3.73. The number of rotatable bonds is 5. The average molecular weight is 501 g/mol.